The maximum atomic E-state index is 13.0. The van der Waals surface area contributed by atoms with Crippen LogP contribution in [0.3, 0.4) is 0 Å². The van der Waals surface area contributed by atoms with Gasteiger partial charge < -0.3 is 4.90 Å². The molecule has 4 rings (SSSR count). The fraction of sp³-hybridized carbons (Fsp3) is 0.550. The number of nitrogens with zero attached hydrogens (tertiary/aromatic N) is 4. The SMILES string of the molecule is Cc1nnc(NS(=O)(=O)c2ccc3c(c2)CCCN3C(=O)CN2CCCCCC2)s1. The minimum Gasteiger partial charge on any atom is -0.311 e. The molecule has 2 aliphatic heterocycles. The first-order valence-corrected chi connectivity index (χ1v) is 12.7. The number of aromatic nitrogens is 2. The zero-order valence-electron chi connectivity index (χ0n) is 17.1. The molecule has 2 aromatic rings. The molecule has 3 heterocycles. The van der Waals surface area contributed by atoms with Crippen LogP contribution in [-0.4, -0.2) is 55.6 Å². The molecule has 1 saturated heterocycles. The van der Waals surface area contributed by atoms with Crippen LogP contribution in [0.1, 0.15) is 42.7 Å². The minimum absolute atomic E-state index is 0.0934. The van der Waals surface area contributed by atoms with E-state index in [1.807, 2.05) is 4.90 Å². The first-order chi connectivity index (χ1) is 14.4. The monoisotopic (exact) mass is 449 g/mol. The molecule has 10 heteroatoms. The van der Waals surface area contributed by atoms with Gasteiger partial charge in [0.25, 0.3) is 10.0 Å². The molecular formula is C20H27N5O3S2. The third-order valence-corrected chi connectivity index (χ3v) is 7.81. The summed E-state index contributed by atoms with van der Waals surface area (Å²) in [7, 11) is -3.75. The Balaban J connectivity index is 1.51. The van der Waals surface area contributed by atoms with Crippen molar-refractivity contribution in [2.24, 2.45) is 0 Å². The summed E-state index contributed by atoms with van der Waals surface area (Å²) in [5, 5.41) is 8.61. The van der Waals surface area contributed by atoms with Gasteiger partial charge in [-0.05, 0) is 69.5 Å². The number of hydrogen-bond donors (Lipinski definition) is 1. The normalized spacial score (nSPS) is 18.0. The lowest BCUT2D eigenvalue weighted by Gasteiger charge is -2.32. The number of sulfonamides is 1. The molecule has 0 aliphatic carbocycles. The van der Waals surface area contributed by atoms with Crippen LogP contribution in [0.2, 0.25) is 0 Å². The number of carbonyl (C=O) groups excluding carboxylic acids is 1. The lowest BCUT2D eigenvalue weighted by Crippen LogP contribution is -2.43. The second-order valence-corrected chi connectivity index (χ2v) is 10.7. The Morgan fingerprint density at radius 3 is 2.57 bits per heavy atom. The third-order valence-electron chi connectivity index (χ3n) is 5.59. The van der Waals surface area contributed by atoms with Crippen molar-refractivity contribution in [2.45, 2.75) is 50.3 Å². The van der Waals surface area contributed by atoms with Crippen molar-refractivity contribution >= 4 is 38.1 Å². The molecule has 0 spiro atoms. The summed E-state index contributed by atoms with van der Waals surface area (Å²) < 4.78 is 28.0. The van der Waals surface area contributed by atoms with Crippen LogP contribution in [0.15, 0.2) is 23.1 Å². The predicted octanol–water partition coefficient (Wildman–Crippen LogP) is 2.80. The molecule has 1 aromatic carbocycles. The molecule has 0 saturated carbocycles. The number of nitrogens with one attached hydrogen (secondary N) is 1. The van der Waals surface area contributed by atoms with Gasteiger partial charge in [-0.25, -0.2) is 8.42 Å². The van der Waals surface area contributed by atoms with Gasteiger partial charge in [-0.2, -0.15) is 0 Å². The third kappa shape index (κ3) is 4.81. The van der Waals surface area contributed by atoms with Crippen molar-refractivity contribution in [1.82, 2.24) is 15.1 Å². The Labute approximate surface area is 181 Å². The van der Waals surface area contributed by atoms with Crippen LogP contribution < -0.4 is 9.62 Å². The van der Waals surface area contributed by atoms with E-state index in [1.165, 1.54) is 24.2 Å². The fourth-order valence-corrected chi connectivity index (χ4v) is 5.95. The molecule has 0 atom stereocenters. The van der Waals surface area contributed by atoms with E-state index < -0.39 is 10.0 Å². The van der Waals surface area contributed by atoms with E-state index in [9.17, 15) is 13.2 Å². The largest absolute Gasteiger partial charge is 0.311 e. The van der Waals surface area contributed by atoms with Crippen molar-refractivity contribution in [3.8, 4) is 0 Å². The summed E-state index contributed by atoms with van der Waals surface area (Å²) in [5.74, 6) is 0.0934. The Morgan fingerprint density at radius 1 is 1.10 bits per heavy atom. The second-order valence-electron chi connectivity index (χ2n) is 7.86. The number of rotatable bonds is 5. The first-order valence-electron chi connectivity index (χ1n) is 10.4. The van der Waals surface area contributed by atoms with Crippen LogP contribution in [0, 0.1) is 6.92 Å². The molecule has 2 aliphatic rings. The fourth-order valence-electron chi connectivity index (χ4n) is 4.08. The molecule has 1 aromatic heterocycles. The van der Waals surface area contributed by atoms with E-state index in [4.69, 9.17) is 0 Å². The smallest absolute Gasteiger partial charge is 0.263 e. The predicted molar refractivity (Wildman–Crippen MR) is 117 cm³/mol. The first kappa shape index (κ1) is 21.2. The van der Waals surface area contributed by atoms with E-state index in [2.05, 4.69) is 19.8 Å². The van der Waals surface area contributed by atoms with Crippen LogP contribution in [0.4, 0.5) is 10.8 Å². The number of carbonyl (C=O) groups is 1. The Morgan fingerprint density at radius 2 is 1.87 bits per heavy atom. The average molecular weight is 450 g/mol. The topological polar surface area (TPSA) is 95.5 Å². The summed E-state index contributed by atoms with van der Waals surface area (Å²) in [6.07, 6.45) is 6.34. The molecule has 1 fully saturated rings. The number of amides is 1. The Bertz CT molecular complexity index is 1010. The standard InChI is InChI=1S/C20H27N5O3S2/c1-15-21-22-20(29-15)23-30(27,28)17-8-9-18-16(13-17)7-6-12-25(18)19(26)14-24-10-4-2-3-5-11-24/h8-9,13H,2-7,10-12,14H2,1H3,(H,22,23). The van der Waals surface area contributed by atoms with Crippen LogP contribution in [0.5, 0.6) is 0 Å². The molecule has 0 unspecified atom stereocenters. The number of likely N-dealkylation sites (tertiary alicyclic amines) is 1. The van der Waals surface area contributed by atoms with Crippen molar-refractivity contribution in [3.63, 3.8) is 0 Å². The van der Waals surface area contributed by atoms with Crippen molar-refractivity contribution in [2.75, 3.05) is 35.8 Å². The molecular weight excluding hydrogens is 422 g/mol. The van der Waals surface area contributed by atoms with Gasteiger partial charge in [0, 0.05) is 12.2 Å². The lowest BCUT2D eigenvalue weighted by molar-refractivity contribution is -0.119. The number of fused-ring (bicyclic) bond motifs is 1. The van der Waals surface area contributed by atoms with E-state index in [0.717, 1.165) is 50.0 Å². The van der Waals surface area contributed by atoms with E-state index in [0.29, 0.717) is 18.1 Å². The summed E-state index contributed by atoms with van der Waals surface area (Å²) in [5.41, 5.74) is 1.72. The van der Waals surface area contributed by atoms with Gasteiger partial charge in [0.05, 0.1) is 11.4 Å². The van der Waals surface area contributed by atoms with Gasteiger partial charge in [0.1, 0.15) is 5.01 Å². The average Bonchev–Trinajstić information content (AvgIpc) is 2.96. The van der Waals surface area contributed by atoms with Gasteiger partial charge in [-0.3, -0.25) is 14.4 Å². The number of benzene rings is 1. The van der Waals surface area contributed by atoms with Crippen LogP contribution in [-0.2, 0) is 21.2 Å². The highest BCUT2D eigenvalue weighted by atomic mass is 32.2. The van der Waals surface area contributed by atoms with Gasteiger partial charge in [0.2, 0.25) is 11.0 Å². The van der Waals surface area contributed by atoms with Gasteiger partial charge in [0.15, 0.2) is 0 Å². The maximum absolute atomic E-state index is 13.0. The Kier molecular flexibility index (Phi) is 6.35. The Hall–Kier alpha value is -2.04. The van der Waals surface area contributed by atoms with E-state index in [1.54, 1.807) is 25.1 Å². The number of aryl methyl sites for hydroxylation is 2. The second kappa shape index (κ2) is 8.99. The zero-order valence-corrected chi connectivity index (χ0v) is 18.8. The molecule has 0 bridgehead atoms. The molecule has 1 amide bonds. The quantitative estimate of drug-likeness (QED) is 0.754. The molecule has 162 valence electrons. The van der Waals surface area contributed by atoms with E-state index >= 15 is 0 Å². The highest BCUT2D eigenvalue weighted by molar-refractivity contribution is 7.93. The summed E-state index contributed by atoms with van der Waals surface area (Å²) >= 11 is 1.19. The zero-order chi connectivity index (χ0) is 21.1. The summed E-state index contributed by atoms with van der Waals surface area (Å²) in [6, 6.07) is 5.00. The van der Waals surface area contributed by atoms with Gasteiger partial charge in [-0.1, -0.05) is 24.2 Å². The van der Waals surface area contributed by atoms with Crippen LogP contribution >= 0.6 is 11.3 Å². The lowest BCUT2D eigenvalue weighted by atomic mass is 10.0. The number of hydrogen-bond acceptors (Lipinski definition) is 7. The van der Waals surface area contributed by atoms with Gasteiger partial charge in [-0.15, -0.1) is 10.2 Å². The molecule has 8 nitrogen and oxygen atoms in total. The number of anilines is 2. The summed E-state index contributed by atoms with van der Waals surface area (Å²) in [6.45, 7) is 4.82. The molecule has 0 radical (unpaired) electrons. The maximum Gasteiger partial charge on any atom is 0.263 e. The van der Waals surface area contributed by atoms with Crippen molar-refractivity contribution in [3.05, 3.63) is 28.8 Å². The van der Waals surface area contributed by atoms with Gasteiger partial charge >= 0.3 is 0 Å². The highest BCUT2D eigenvalue weighted by Gasteiger charge is 2.26. The van der Waals surface area contributed by atoms with Crippen molar-refractivity contribution < 1.29 is 13.2 Å². The van der Waals surface area contributed by atoms with E-state index in [-0.39, 0.29) is 15.9 Å². The summed E-state index contributed by atoms with van der Waals surface area (Å²) in [4.78, 5) is 17.3. The minimum atomic E-state index is -3.75. The van der Waals surface area contributed by atoms with Crippen molar-refractivity contribution in [1.29, 1.82) is 0 Å². The highest BCUT2D eigenvalue weighted by Crippen LogP contribution is 2.30. The molecule has 30 heavy (non-hydrogen) atoms. The molecule has 1 N–H and O–H groups in total. The van der Waals surface area contributed by atoms with Crippen LogP contribution in [0.25, 0.3) is 0 Å².